The quantitative estimate of drug-likeness (QED) is 0.693. The molecule has 1 amide bonds. The topological polar surface area (TPSA) is 49.3 Å². The largest absolute Gasteiger partial charge is 0.392 e. The lowest BCUT2D eigenvalue weighted by Crippen LogP contribution is -2.10. The van der Waals surface area contributed by atoms with Gasteiger partial charge in [0.1, 0.15) is 0 Å². The lowest BCUT2D eigenvalue weighted by molar-refractivity contribution is -0.116. The van der Waals surface area contributed by atoms with E-state index in [1.807, 2.05) is 24.3 Å². The first-order valence-electron chi connectivity index (χ1n) is 6.76. The molecule has 0 saturated carbocycles. The zero-order chi connectivity index (χ0) is 13.2. The number of anilines is 1. The first-order valence-corrected chi connectivity index (χ1v) is 6.76. The Kier molecular flexibility index (Phi) is 7.11. The Morgan fingerprint density at radius 2 is 1.78 bits per heavy atom. The van der Waals surface area contributed by atoms with Crippen LogP contribution in [0.3, 0.4) is 0 Å². The number of rotatable bonds is 8. The molecule has 0 saturated heterocycles. The molecular formula is C15H23NO2. The first-order chi connectivity index (χ1) is 8.76. The monoisotopic (exact) mass is 249 g/mol. The van der Waals surface area contributed by atoms with Crippen molar-refractivity contribution in [1.82, 2.24) is 0 Å². The summed E-state index contributed by atoms with van der Waals surface area (Å²) in [6.45, 7) is 2.22. The minimum atomic E-state index is 0.0334. The van der Waals surface area contributed by atoms with Crippen LogP contribution >= 0.6 is 0 Å². The molecule has 3 heteroatoms. The van der Waals surface area contributed by atoms with Gasteiger partial charge < -0.3 is 10.4 Å². The first kappa shape index (κ1) is 14.7. The molecule has 18 heavy (non-hydrogen) atoms. The van der Waals surface area contributed by atoms with Crippen LogP contribution < -0.4 is 5.32 Å². The van der Waals surface area contributed by atoms with Crippen molar-refractivity contribution in [2.75, 3.05) is 5.32 Å². The fourth-order valence-corrected chi connectivity index (χ4v) is 1.81. The molecule has 2 N–H and O–H groups in total. The third-order valence-corrected chi connectivity index (χ3v) is 2.93. The van der Waals surface area contributed by atoms with E-state index >= 15 is 0 Å². The van der Waals surface area contributed by atoms with Crippen molar-refractivity contribution in [1.29, 1.82) is 0 Å². The molecule has 1 aromatic carbocycles. The van der Waals surface area contributed by atoms with E-state index in [0.29, 0.717) is 6.42 Å². The molecule has 1 rings (SSSR count). The summed E-state index contributed by atoms with van der Waals surface area (Å²) in [5.74, 6) is 0.0725. The Morgan fingerprint density at radius 3 is 2.39 bits per heavy atom. The minimum absolute atomic E-state index is 0.0334. The molecule has 0 spiro atoms. The maximum atomic E-state index is 11.6. The van der Waals surface area contributed by atoms with Crippen molar-refractivity contribution in [3.05, 3.63) is 29.8 Å². The van der Waals surface area contributed by atoms with Gasteiger partial charge in [0.2, 0.25) is 5.91 Å². The Hall–Kier alpha value is -1.35. The summed E-state index contributed by atoms with van der Waals surface area (Å²) in [6.07, 6.45) is 6.37. The van der Waals surface area contributed by atoms with Crippen LogP contribution in [0.2, 0.25) is 0 Å². The molecule has 0 atom stereocenters. The lowest BCUT2D eigenvalue weighted by atomic mass is 10.1. The van der Waals surface area contributed by atoms with E-state index in [0.717, 1.165) is 24.1 Å². The summed E-state index contributed by atoms with van der Waals surface area (Å²) in [4.78, 5) is 11.6. The van der Waals surface area contributed by atoms with Crippen LogP contribution in [0.5, 0.6) is 0 Å². The van der Waals surface area contributed by atoms with E-state index in [1.54, 1.807) is 0 Å². The van der Waals surface area contributed by atoms with Crippen LogP contribution in [0, 0.1) is 0 Å². The highest BCUT2D eigenvalue weighted by atomic mass is 16.3. The van der Waals surface area contributed by atoms with Gasteiger partial charge in [0.05, 0.1) is 6.61 Å². The SMILES string of the molecule is CCCCCCCC(=O)Nc1ccc(CO)cc1. The van der Waals surface area contributed by atoms with E-state index < -0.39 is 0 Å². The standard InChI is InChI=1S/C15H23NO2/c1-2-3-4-5-6-7-15(18)16-14-10-8-13(12-17)9-11-14/h8-11,17H,2-7,12H2,1H3,(H,16,18). The normalized spacial score (nSPS) is 10.3. The van der Waals surface area contributed by atoms with Crippen molar-refractivity contribution in [3.8, 4) is 0 Å². The molecule has 0 aliphatic rings. The van der Waals surface area contributed by atoms with Gasteiger partial charge in [0.25, 0.3) is 0 Å². The van der Waals surface area contributed by atoms with Gasteiger partial charge in [-0.3, -0.25) is 4.79 Å². The summed E-state index contributed by atoms with van der Waals surface area (Å²) in [7, 11) is 0. The smallest absolute Gasteiger partial charge is 0.224 e. The second-order valence-corrected chi connectivity index (χ2v) is 4.57. The average Bonchev–Trinajstić information content (AvgIpc) is 2.39. The zero-order valence-electron chi connectivity index (χ0n) is 11.1. The third kappa shape index (κ3) is 5.82. The fraction of sp³-hybridized carbons (Fsp3) is 0.533. The van der Waals surface area contributed by atoms with Gasteiger partial charge in [-0.25, -0.2) is 0 Å². The number of nitrogens with one attached hydrogen (secondary N) is 1. The Balaban J connectivity index is 2.22. The number of carbonyl (C=O) groups is 1. The molecule has 0 heterocycles. The summed E-state index contributed by atoms with van der Waals surface area (Å²) in [5, 5.41) is 11.8. The molecule has 100 valence electrons. The molecule has 3 nitrogen and oxygen atoms in total. The number of unbranched alkanes of at least 4 members (excludes halogenated alkanes) is 4. The van der Waals surface area contributed by atoms with Crippen LogP contribution in [0.15, 0.2) is 24.3 Å². The molecule has 0 bridgehead atoms. The molecule has 0 aromatic heterocycles. The Morgan fingerprint density at radius 1 is 1.11 bits per heavy atom. The number of hydrogen-bond acceptors (Lipinski definition) is 2. The average molecular weight is 249 g/mol. The van der Waals surface area contributed by atoms with Crippen LogP contribution in [0.1, 0.15) is 51.0 Å². The van der Waals surface area contributed by atoms with Gasteiger partial charge in [-0.05, 0) is 24.1 Å². The highest BCUT2D eigenvalue weighted by molar-refractivity contribution is 5.90. The van der Waals surface area contributed by atoms with Crippen molar-refractivity contribution in [3.63, 3.8) is 0 Å². The summed E-state index contributed by atoms with van der Waals surface area (Å²) in [6, 6.07) is 7.27. The number of amides is 1. The van der Waals surface area contributed by atoms with Crippen molar-refractivity contribution >= 4 is 11.6 Å². The molecule has 0 aliphatic heterocycles. The molecule has 0 aliphatic carbocycles. The van der Waals surface area contributed by atoms with Gasteiger partial charge in [0.15, 0.2) is 0 Å². The maximum Gasteiger partial charge on any atom is 0.224 e. The Bertz CT molecular complexity index is 346. The maximum absolute atomic E-state index is 11.6. The highest BCUT2D eigenvalue weighted by Gasteiger charge is 2.02. The van der Waals surface area contributed by atoms with E-state index in [2.05, 4.69) is 12.2 Å². The molecule has 0 fully saturated rings. The number of carbonyl (C=O) groups excluding carboxylic acids is 1. The minimum Gasteiger partial charge on any atom is -0.392 e. The van der Waals surface area contributed by atoms with Crippen LogP contribution in [-0.4, -0.2) is 11.0 Å². The number of benzene rings is 1. The van der Waals surface area contributed by atoms with Crippen LogP contribution in [0.25, 0.3) is 0 Å². The Labute approximate surface area is 109 Å². The summed E-state index contributed by atoms with van der Waals surface area (Å²) < 4.78 is 0. The van der Waals surface area contributed by atoms with Gasteiger partial charge in [-0.15, -0.1) is 0 Å². The van der Waals surface area contributed by atoms with E-state index in [4.69, 9.17) is 5.11 Å². The molecule has 1 aromatic rings. The van der Waals surface area contributed by atoms with Crippen LogP contribution in [0.4, 0.5) is 5.69 Å². The number of aliphatic hydroxyl groups is 1. The molecule has 0 radical (unpaired) electrons. The molecular weight excluding hydrogens is 226 g/mol. The van der Waals surface area contributed by atoms with E-state index in [-0.39, 0.29) is 12.5 Å². The summed E-state index contributed by atoms with van der Waals surface area (Å²) >= 11 is 0. The van der Waals surface area contributed by atoms with Gasteiger partial charge >= 0.3 is 0 Å². The van der Waals surface area contributed by atoms with Gasteiger partial charge in [-0.1, -0.05) is 44.7 Å². The second kappa shape index (κ2) is 8.70. The predicted octanol–water partition coefficient (Wildman–Crippen LogP) is 3.48. The zero-order valence-corrected chi connectivity index (χ0v) is 11.1. The fourth-order valence-electron chi connectivity index (χ4n) is 1.81. The van der Waals surface area contributed by atoms with Crippen LogP contribution in [-0.2, 0) is 11.4 Å². The number of hydrogen-bond donors (Lipinski definition) is 2. The lowest BCUT2D eigenvalue weighted by Gasteiger charge is -2.05. The van der Waals surface area contributed by atoms with Crippen molar-refractivity contribution < 1.29 is 9.90 Å². The number of aliphatic hydroxyl groups excluding tert-OH is 1. The van der Waals surface area contributed by atoms with Gasteiger partial charge in [-0.2, -0.15) is 0 Å². The highest BCUT2D eigenvalue weighted by Crippen LogP contribution is 2.11. The van der Waals surface area contributed by atoms with Crippen molar-refractivity contribution in [2.24, 2.45) is 0 Å². The second-order valence-electron chi connectivity index (χ2n) is 4.57. The third-order valence-electron chi connectivity index (χ3n) is 2.93. The predicted molar refractivity (Wildman–Crippen MR) is 74.4 cm³/mol. The van der Waals surface area contributed by atoms with Crippen molar-refractivity contribution in [2.45, 2.75) is 52.1 Å². The van der Waals surface area contributed by atoms with E-state index in [1.165, 1.54) is 19.3 Å². The summed E-state index contributed by atoms with van der Waals surface area (Å²) in [5.41, 5.74) is 1.65. The van der Waals surface area contributed by atoms with E-state index in [9.17, 15) is 4.79 Å². The molecule has 0 unspecified atom stereocenters. The van der Waals surface area contributed by atoms with Gasteiger partial charge in [0, 0.05) is 12.1 Å².